The normalized spacial score (nSPS) is 9.54. The maximum atomic E-state index is 8.94. The second-order valence-electron chi connectivity index (χ2n) is 5.08. The van der Waals surface area contributed by atoms with Crippen molar-refractivity contribution in [2.24, 2.45) is 11.7 Å². The molecule has 2 rings (SSSR count). The Morgan fingerprint density at radius 2 is 2.04 bits per heavy atom. The fraction of sp³-hybridized carbons (Fsp3) is 0.294. The molecule has 0 saturated carbocycles. The summed E-state index contributed by atoms with van der Waals surface area (Å²) in [6, 6.07) is 10.0. The van der Waals surface area contributed by atoms with E-state index in [1.165, 1.54) is 5.56 Å². The van der Waals surface area contributed by atoms with E-state index in [1.807, 2.05) is 38.2 Å². The minimum absolute atomic E-state index is 0.403. The lowest BCUT2D eigenvalue weighted by atomic mass is 10.0. The van der Waals surface area contributed by atoms with Crippen molar-refractivity contribution in [1.29, 1.82) is 0 Å². The standard InChI is InChI=1S/C16H21N3O.CH4N2O/c1-4-13-8-5-9-15(19(3)17)14(13)11-20-16-12(2)7-6-10-18-16;2-3-1-4/h5-10H,4,11,17H2,1-3H3;1H,2H2,(H,3,4). The first-order chi connectivity index (χ1) is 11.5. The predicted octanol–water partition coefficient (Wildman–Crippen LogP) is 1.45. The number of ether oxygens (including phenoxy) is 1. The molecule has 1 aromatic heterocycles. The number of carbonyl (C=O) groups excluding carboxylic acids is 1. The first-order valence-corrected chi connectivity index (χ1v) is 7.58. The van der Waals surface area contributed by atoms with Crippen LogP contribution in [0, 0.1) is 6.92 Å². The molecule has 0 aliphatic carbocycles. The van der Waals surface area contributed by atoms with Gasteiger partial charge in [-0.1, -0.05) is 25.1 Å². The van der Waals surface area contributed by atoms with Crippen molar-refractivity contribution in [2.45, 2.75) is 26.9 Å². The van der Waals surface area contributed by atoms with Crippen molar-refractivity contribution < 1.29 is 9.53 Å². The summed E-state index contributed by atoms with van der Waals surface area (Å²) < 4.78 is 5.86. The predicted molar refractivity (Wildman–Crippen MR) is 95.1 cm³/mol. The van der Waals surface area contributed by atoms with Crippen LogP contribution in [0.15, 0.2) is 36.5 Å². The van der Waals surface area contributed by atoms with Gasteiger partial charge in [0, 0.05) is 24.4 Å². The zero-order valence-corrected chi connectivity index (χ0v) is 14.3. The average Bonchev–Trinajstić information content (AvgIpc) is 2.60. The number of hydrazine groups is 2. The SMILES string of the molecule is CCc1cccc(N(C)N)c1COc1ncccc1C.NNC=O. The van der Waals surface area contributed by atoms with Crippen molar-refractivity contribution in [2.75, 3.05) is 12.1 Å². The van der Waals surface area contributed by atoms with Gasteiger partial charge in [0.1, 0.15) is 6.61 Å². The van der Waals surface area contributed by atoms with E-state index in [9.17, 15) is 0 Å². The molecule has 130 valence electrons. The summed E-state index contributed by atoms with van der Waals surface area (Å²) in [6.07, 6.45) is 3.09. The summed E-state index contributed by atoms with van der Waals surface area (Å²) in [4.78, 5) is 13.2. The van der Waals surface area contributed by atoms with Crippen molar-refractivity contribution in [1.82, 2.24) is 10.4 Å². The minimum Gasteiger partial charge on any atom is -0.473 e. The number of amides is 1. The largest absolute Gasteiger partial charge is 0.473 e. The van der Waals surface area contributed by atoms with Gasteiger partial charge in [-0.25, -0.2) is 16.7 Å². The van der Waals surface area contributed by atoms with E-state index in [2.05, 4.69) is 23.8 Å². The van der Waals surface area contributed by atoms with Crippen LogP contribution in [-0.2, 0) is 17.8 Å². The van der Waals surface area contributed by atoms with Gasteiger partial charge < -0.3 is 9.75 Å². The van der Waals surface area contributed by atoms with E-state index in [1.54, 1.807) is 16.6 Å². The Morgan fingerprint density at radius 1 is 1.33 bits per heavy atom. The molecule has 1 heterocycles. The quantitative estimate of drug-likeness (QED) is 0.320. The summed E-state index contributed by atoms with van der Waals surface area (Å²) >= 11 is 0. The van der Waals surface area contributed by atoms with Crippen LogP contribution < -0.4 is 26.9 Å². The Morgan fingerprint density at radius 3 is 2.58 bits per heavy atom. The molecule has 0 atom stereocenters. The van der Waals surface area contributed by atoms with Gasteiger partial charge in [-0.3, -0.25) is 10.2 Å². The van der Waals surface area contributed by atoms with E-state index in [0.29, 0.717) is 18.9 Å². The smallest absolute Gasteiger partial charge is 0.221 e. The van der Waals surface area contributed by atoms with Crippen LogP contribution in [0.3, 0.4) is 0 Å². The summed E-state index contributed by atoms with van der Waals surface area (Å²) in [7, 11) is 1.84. The van der Waals surface area contributed by atoms with Crippen molar-refractivity contribution in [3.8, 4) is 5.88 Å². The van der Waals surface area contributed by atoms with Crippen LogP contribution in [0.1, 0.15) is 23.6 Å². The summed E-state index contributed by atoms with van der Waals surface area (Å²) in [5.41, 5.74) is 6.13. The number of pyridine rings is 1. The monoisotopic (exact) mass is 331 g/mol. The third-order valence-corrected chi connectivity index (χ3v) is 3.39. The van der Waals surface area contributed by atoms with Crippen LogP contribution in [-0.4, -0.2) is 18.4 Å². The van der Waals surface area contributed by atoms with E-state index < -0.39 is 0 Å². The van der Waals surface area contributed by atoms with Gasteiger partial charge in [-0.15, -0.1) is 0 Å². The lowest BCUT2D eigenvalue weighted by Gasteiger charge is -2.20. The van der Waals surface area contributed by atoms with Gasteiger partial charge in [0.2, 0.25) is 12.3 Å². The number of benzene rings is 1. The zero-order valence-electron chi connectivity index (χ0n) is 14.3. The molecule has 7 heteroatoms. The fourth-order valence-electron chi connectivity index (χ4n) is 2.21. The third-order valence-electron chi connectivity index (χ3n) is 3.39. The number of hydrogen-bond donors (Lipinski definition) is 3. The van der Waals surface area contributed by atoms with Crippen LogP contribution in [0.4, 0.5) is 5.69 Å². The highest BCUT2D eigenvalue weighted by Crippen LogP contribution is 2.24. The third kappa shape index (κ3) is 5.53. The number of anilines is 1. The number of carbonyl (C=O) groups is 1. The molecule has 0 radical (unpaired) electrons. The number of aromatic nitrogens is 1. The van der Waals surface area contributed by atoms with Crippen molar-refractivity contribution >= 4 is 12.1 Å². The van der Waals surface area contributed by atoms with E-state index in [4.69, 9.17) is 15.4 Å². The Bertz CT molecular complexity index is 647. The van der Waals surface area contributed by atoms with E-state index in [0.717, 1.165) is 23.2 Å². The number of rotatable bonds is 6. The summed E-state index contributed by atoms with van der Waals surface area (Å²) in [6.45, 7) is 4.59. The van der Waals surface area contributed by atoms with Gasteiger partial charge in [-0.05, 0) is 31.0 Å². The highest BCUT2D eigenvalue weighted by molar-refractivity contribution is 5.55. The van der Waals surface area contributed by atoms with Gasteiger partial charge in [0.15, 0.2) is 0 Å². The van der Waals surface area contributed by atoms with Gasteiger partial charge in [0.25, 0.3) is 0 Å². The molecule has 1 amide bonds. The maximum Gasteiger partial charge on any atom is 0.221 e. The second kappa shape index (κ2) is 10.2. The van der Waals surface area contributed by atoms with Gasteiger partial charge >= 0.3 is 0 Å². The molecule has 0 saturated heterocycles. The van der Waals surface area contributed by atoms with E-state index >= 15 is 0 Å². The van der Waals surface area contributed by atoms with Crippen LogP contribution >= 0.6 is 0 Å². The molecule has 0 spiro atoms. The topological polar surface area (TPSA) is 106 Å². The Balaban J connectivity index is 0.000000648. The number of nitrogens with two attached hydrogens (primary N) is 2. The summed E-state index contributed by atoms with van der Waals surface area (Å²) in [5.74, 6) is 11.0. The fourth-order valence-corrected chi connectivity index (χ4v) is 2.21. The molecule has 0 bridgehead atoms. The molecular formula is C17H25N5O2. The number of hydrogen-bond acceptors (Lipinski definition) is 6. The summed E-state index contributed by atoms with van der Waals surface area (Å²) in [5, 5.41) is 1.63. The Hall–Kier alpha value is -2.64. The first kappa shape index (κ1) is 19.4. The highest BCUT2D eigenvalue weighted by Gasteiger charge is 2.11. The highest BCUT2D eigenvalue weighted by atomic mass is 16.5. The van der Waals surface area contributed by atoms with Crippen molar-refractivity contribution in [3.63, 3.8) is 0 Å². The molecule has 1 aromatic carbocycles. The molecule has 0 aliphatic rings. The lowest BCUT2D eigenvalue weighted by Crippen LogP contribution is -2.27. The Kier molecular flexibility index (Phi) is 8.24. The number of aryl methyl sites for hydroxylation is 2. The van der Waals surface area contributed by atoms with Gasteiger partial charge in [-0.2, -0.15) is 0 Å². The van der Waals surface area contributed by atoms with E-state index in [-0.39, 0.29) is 0 Å². The molecule has 5 N–H and O–H groups in total. The van der Waals surface area contributed by atoms with Crippen LogP contribution in [0.5, 0.6) is 5.88 Å². The molecule has 0 unspecified atom stereocenters. The Labute approximate surface area is 142 Å². The molecular weight excluding hydrogens is 306 g/mol. The molecule has 2 aromatic rings. The lowest BCUT2D eigenvalue weighted by molar-refractivity contribution is -0.109. The average molecular weight is 331 g/mol. The molecule has 24 heavy (non-hydrogen) atoms. The first-order valence-electron chi connectivity index (χ1n) is 7.58. The zero-order chi connectivity index (χ0) is 17.9. The van der Waals surface area contributed by atoms with Gasteiger partial charge in [0.05, 0.1) is 5.69 Å². The second-order valence-corrected chi connectivity index (χ2v) is 5.08. The molecule has 0 aliphatic heterocycles. The maximum absolute atomic E-state index is 8.94. The van der Waals surface area contributed by atoms with Crippen LogP contribution in [0.2, 0.25) is 0 Å². The number of nitrogens with zero attached hydrogens (tertiary/aromatic N) is 2. The van der Waals surface area contributed by atoms with Crippen molar-refractivity contribution in [3.05, 3.63) is 53.2 Å². The molecule has 7 nitrogen and oxygen atoms in total. The number of nitrogens with one attached hydrogen (secondary N) is 1. The molecule has 0 fully saturated rings. The van der Waals surface area contributed by atoms with Crippen LogP contribution in [0.25, 0.3) is 0 Å². The minimum atomic E-state index is 0.403.